The lowest BCUT2D eigenvalue weighted by atomic mass is 9.49. The monoisotopic (exact) mass is 223 g/mol. The summed E-state index contributed by atoms with van der Waals surface area (Å²) in [4.78, 5) is 0. The molecule has 2 heteroatoms. The maximum absolute atomic E-state index is 8.76. The van der Waals surface area contributed by atoms with Gasteiger partial charge >= 0.3 is 0 Å². The average molecular weight is 223 g/mol. The van der Waals surface area contributed by atoms with E-state index >= 15 is 0 Å². The van der Waals surface area contributed by atoms with Crippen molar-refractivity contribution >= 4 is 0 Å². The SMILES string of the molecule is OCCNCCC12CC3CC(CC(C3)C1)C2. The molecule has 4 aliphatic rings. The minimum absolute atomic E-state index is 0.279. The number of hydrogen-bond acceptors (Lipinski definition) is 2. The molecule has 0 amide bonds. The molecule has 0 aromatic heterocycles. The lowest BCUT2D eigenvalue weighted by Crippen LogP contribution is -2.47. The minimum atomic E-state index is 0.279. The van der Waals surface area contributed by atoms with Gasteiger partial charge in [-0.2, -0.15) is 0 Å². The molecule has 0 spiro atoms. The number of aliphatic hydroxyl groups is 1. The summed E-state index contributed by atoms with van der Waals surface area (Å²) >= 11 is 0. The third-order valence-electron chi connectivity index (χ3n) is 5.29. The van der Waals surface area contributed by atoms with Crippen LogP contribution < -0.4 is 5.32 Å². The Labute approximate surface area is 98.8 Å². The lowest BCUT2D eigenvalue weighted by molar-refractivity contribution is -0.0567. The summed E-state index contributed by atoms with van der Waals surface area (Å²) in [5, 5.41) is 12.1. The smallest absolute Gasteiger partial charge is 0.0555 e. The van der Waals surface area contributed by atoms with Crippen LogP contribution in [-0.4, -0.2) is 24.8 Å². The van der Waals surface area contributed by atoms with Crippen LogP contribution >= 0.6 is 0 Å². The Bertz CT molecular complexity index is 216. The van der Waals surface area contributed by atoms with Crippen LogP contribution in [0.25, 0.3) is 0 Å². The van der Waals surface area contributed by atoms with Crippen LogP contribution in [0.2, 0.25) is 0 Å². The van der Waals surface area contributed by atoms with Gasteiger partial charge in [-0.3, -0.25) is 0 Å². The van der Waals surface area contributed by atoms with Crippen molar-refractivity contribution in [2.75, 3.05) is 19.7 Å². The Morgan fingerprint density at radius 1 is 0.938 bits per heavy atom. The van der Waals surface area contributed by atoms with Crippen LogP contribution in [-0.2, 0) is 0 Å². The van der Waals surface area contributed by atoms with Gasteiger partial charge in [0.25, 0.3) is 0 Å². The first-order chi connectivity index (χ1) is 7.80. The average Bonchev–Trinajstić information content (AvgIpc) is 2.22. The van der Waals surface area contributed by atoms with Crippen molar-refractivity contribution in [3.8, 4) is 0 Å². The minimum Gasteiger partial charge on any atom is -0.395 e. The number of rotatable bonds is 5. The van der Waals surface area contributed by atoms with E-state index < -0.39 is 0 Å². The largest absolute Gasteiger partial charge is 0.395 e. The summed E-state index contributed by atoms with van der Waals surface area (Å²) in [6, 6.07) is 0. The summed E-state index contributed by atoms with van der Waals surface area (Å²) in [6.07, 6.45) is 10.5. The molecule has 16 heavy (non-hydrogen) atoms. The van der Waals surface area contributed by atoms with Crippen molar-refractivity contribution < 1.29 is 5.11 Å². The molecule has 0 heterocycles. The van der Waals surface area contributed by atoms with Crippen LogP contribution in [0.1, 0.15) is 44.9 Å². The lowest BCUT2D eigenvalue weighted by Gasteiger charge is -2.57. The maximum Gasteiger partial charge on any atom is 0.0555 e. The molecule has 2 N–H and O–H groups in total. The number of nitrogens with one attached hydrogen (secondary N) is 1. The Kier molecular flexibility index (Phi) is 2.97. The molecule has 0 atom stereocenters. The van der Waals surface area contributed by atoms with Crippen molar-refractivity contribution in [1.82, 2.24) is 5.32 Å². The van der Waals surface area contributed by atoms with Crippen LogP contribution in [0.3, 0.4) is 0 Å². The van der Waals surface area contributed by atoms with E-state index in [1.807, 2.05) is 0 Å². The van der Waals surface area contributed by atoms with Crippen LogP contribution in [0, 0.1) is 23.2 Å². The molecule has 0 unspecified atom stereocenters. The van der Waals surface area contributed by atoms with Crippen molar-refractivity contribution in [1.29, 1.82) is 0 Å². The van der Waals surface area contributed by atoms with E-state index in [2.05, 4.69) is 5.32 Å². The second kappa shape index (κ2) is 4.30. The van der Waals surface area contributed by atoms with Gasteiger partial charge in [0, 0.05) is 6.54 Å². The Morgan fingerprint density at radius 2 is 1.50 bits per heavy atom. The predicted octanol–water partition coefficient (Wildman–Crippen LogP) is 2.17. The summed E-state index contributed by atoms with van der Waals surface area (Å²) in [6.45, 7) is 2.17. The fourth-order valence-corrected chi connectivity index (χ4v) is 5.15. The Balaban J connectivity index is 1.56. The maximum atomic E-state index is 8.76. The molecule has 0 saturated heterocycles. The highest BCUT2D eigenvalue weighted by molar-refractivity contribution is 5.01. The van der Waals surface area contributed by atoms with E-state index in [1.165, 1.54) is 25.7 Å². The first kappa shape index (κ1) is 11.0. The van der Waals surface area contributed by atoms with Crippen molar-refractivity contribution in [2.24, 2.45) is 23.2 Å². The zero-order valence-electron chi connectivity index (χ0n) is 10.3. The second-order valence-electron chi connectivity index (χ2n) is 6.64. The number of hydrogen-bond donors (Lipinski definition) is 2. The molecule has 0 radical (unpaired) electrons. The summed E-state index contributed by atoms with van der Waals surface area (Å²) in [5.74, 6) is 3.22. The van der Waals surface area contributed by atoms with Gasteiger partial charge in [0.05, 0.1) is 6.61 Å². The molecule has 0 aliphatic heterocycles. The van der Waals surface area contributed by atoms with Crippen LogP contribution in [0.5, 0.6) is 0 Å². The molecule has 0 aromatic carbocycles. The fraction of sp³-hybridized carbons (Fsp3) is 1.00. The molecule has 4 fully saturated rings. The van der Waals surface area contributed by atoms with E-state index in [-0.39, 0.29) is 6.61 Å². The molecular weight excluding hydrogens is 198 g/mol. The molecule has 4 aliphatic carbocycles. The van der Waals surface area contributed by atoms with E-state index in [0.717, 1.165) is 30.8 Å². The van der Waals surface area contributed by atoms with Gasteiger partial charge in [-0.05, 0) is 74.7 Å². The highest BCUT2D eigenvalue weighted by Crippen LogP contribution is 2.61. The third-order valence-corrected chi connectivity index (χ3v) is 5.29. The van der Waals surface area contributed by atoms with E-state index in [1.54, 1.807) is 19.3 Å². The van der Waals surface area contributed by atoms with Gasteiger partial charge in [0.1, 0.15) is 0 Å². The van der Waals surface area contributed by atoms with Crippen molar-refractivity contribution in [2.45, 2.75) is 44.9 Å². The molecule has 4 rings (SSSR count). The number of aliphatic hydroxyl groups excluding tert-OH is 1. The molecule has 0 aromatic rings. The molecular formula is C14H25NO. The summed E-state index contributed by atoms with van der Waals surface area (Å²) < 4.78 is 0. The van der Waals surface area contributed by atoms with Gasteiger partial charge in [-0.1, -0.05) is 0 Å². The molecule has 4 bridgehead atoms. The standard InChI is InChI=1S/C14H25NO/c16-4-3-15-2-1-14-8-11-5-12(9-14)7-13(6-11)10-14/h11-13,15-16H,1-10H2. The van der Waals surface area contributed by atoms with Gasteiger partial charge in [0.2, 0.25) is 0 Å². The fourth-order valence-electron chi connectivity index (χ4n) is 5.15. The third kappa shape index (κ3) is 2.02. The molecule has 92 valence electrons. The Morgan fingerprint density at radius 3 is 2.00 bits per heavy atom. The highest BCUT2D eigenvalue weighted by atomic mass is 16.3. The zero-order chi connectivity index (χ0) is 11.0. The Hall–Kier alpha value is -0.0800. The summed E-state index contributed by atoms with van der Waals surface area (Å²) in [5.41, 5.74) is 0.706. The van der Waals surface area contributed by atoms with Crippen molar-refractivity contribution in [3.63, 3.8) is 0 Å². The van der Waals surface area contributed by atoms with Crippen molar-refractivity contribution in [3.05, 3.63) is 0 Å². The van der Waals surface area contributed by atoms with Crippen LogP contribution in [0.15, 0.2) is 0 Å². The normalized spacial score (nSPS) is 45.2. The topological polar surface area (TPSA) is 32.3 Å². The highest BCUT2D eigenvalue weighted by Gasteiger charge is 2.50. The van der Waals surface area contributed by atoms with E-state index in [9.17, 15) is 0 Å². The van der Waals surface area contributed by atoms with E-state index in [0.29, 0.717) is 5.41 Å². The molecule has 2 nitrogen and oxygen atoms in total. The van der Waals surface area contributed by atoms with Gasteiger partial charge in [-0.15, -0.1) is 0 Å². The first-order valence-corrected chi connectivity index (χ1v) is 7.11. The first-order valence-electron chi connectivity index (χ1n) is 7.11. The quantitative estimate of drug-likeness (QED) is 0.700. The van der Waals surface area contributed by atoms with E-state index in [4.69, 9.17) is 5.11 Å². The predicted molar refractivity (Wildman–Crippen MR) is 65.2 cm³/mol. The summed E-state index contributed by atoms with van der Waals surface area (Å²) in [7, 11) is 0. The van der Waals surface area contributed by atoms with Gasteiger partial charge < -0.3 is 10.4 Å². The van der Waals surface area contributed by atoms with Gasteiger partial charge in [-0.25, -0.2) is 0 Å². The second-order valence-corrected chi connectivity index (χ2v) is 6.64. The molecule has 4 saturated carbocycles. The van der Waals surface area contributed by atoms with Gasteiger partial charge in [0.15, 0.2) is 0 Å². The zero-order valence-corrected chi connectivity index (χ0v) is 10.3. The van der Waals surface area contributed by atoms with Crippen LogP contribution in [0.4, 0.5) is 0 Å².